The van der Waals surface area contributed by atoms with Crippen LogP contribution in [-0.2, 0) is 0 Å². The highest BCUT2D eigenvalue weighted by atomic mass is 19.3. The molecule has 1 aliphatic rings. The van der Waals surface area contributed by atoms with Gasteiger partial charge in [0.1, 0.15) is 0 Å². The highest BCUT2D eigenvalue weighted by molar-refractivity contribution is 4.76. The third kappa shape index (κ3) is 3.88. The van der Waals surface area contributed by atoms with E-state index in [4.69, 9.17) is 5.73 Å². The van der Waals surface area contributed by atoms with Crippen LogP contribution >= 0.6 is 0 Å². The van der Waals surface area contributed by atoms with Crippen LogP contribution in [0.15, 0.2) is 0 Å². The summed E-state index contributed by atoms with van der Waals surface area (Å²) in [5, 5.41) is 2.88. The second-order valence-corrected chi connectivity index (χ2v) is 4.31. The summed E-state index contributed by atoms with van der Waals surface area (Å²) in [5.41, 5.74) is 5.76. The molecule has 0 aromatic rings. The summed E-state index contributed by atoms with van der Waals surface area (Å²) in [4.78, 5) is 0. The maximum Gasteiger partial charge on any atom is 0.253 e. The van der Waals surface area contributed by atoms with Crippen LogP contribution in [0, 0.1) is 5.92 Å². The summed E-state index contributed by atoms with van der Waals surface area (Å²) >= 11 is 0. The van der Waals surface area contributed by atoms with Crippen molar-refractivity contribution in [3.8, 4) is 0 Å². The Hall–Kier alpha value is -0.220. The largest absolute Gasteiger partial charge is 0.328 e. The van der Waals surface area contributed by atoms with Crippen molar-refractivity contribution in [2.75, 3.05) is 6.54 Å². The molecule has 0 aliphatic heterocycles. The van der Waals surface area contributed by atoms with Gasteiger partial charge in [0.15, 0.2) is 0 Å². The number of rotatable bonds is 4. The van der Waals surface area contributed by atoms with Crippen molar-refractivity contribution in [3.63, 3.8) is 0 Å². The van der Waals surface area contributed by atoms with Gasteiger partial charge in [-0.3, -0.25) is 0 Å². The standard InChI is InChI=1S/C10H20F2N2/c1-7(10(11)12)14-6-8-2-4-9(13)5-3-8/h7-10,14H,2-6,13H2,1H3. The van der Waals surface area contributed by atoms with Crippen LogP contribution in [0.2, 0.25) is 0 Å². The zero-order valence-corrected chi connectivity index (χ0v) is 8.68. The number of nitrogens with two attached hydrogens (primary N) is 1. The highest BCUT2D eigenvalue weighted by Crippen LogP contribution is 2.22. The number of hydrogen-bond acceptors (Lipinski definition) is 2. The number of halogens is 2. The van der Waals surface area contributed by atoms with Crippen LogP contribution in [-0.4, -0.2) is 25.1 Å². The van der Waals surface area contributed by atoms with Gasteiger partial charge in [-0.15, -0.1) is 0 Å². The van der Waals surface area contributed by atoms with Gasteiger partial charge in [0.05, 0.1) is 6.04 Å². The normalized spacial score (nSPS) is 30.6. The molecular weight excluding hydrogens is 186 g/mol. The molecule has 1 rings (SSSR count). The average molecular weight is 206 g/mol. The lowest BCUT2D eigenvalue weighted by Gasteiger charge is -2.27. The van der Waals surface area contributed by atoms with Crippen molar-refractivity contribution in [1.82, 2.24) is 5.32 Å². The fourth-order valence-electron chi connectivity index (χ4n) is 1.83. The quantitative estimate of drug-likeness (QED) is 0.735. The summed E-state index contributed by atoms with van der Waals surface area (Å²) in [6.45, 7) is 2.23. The lowest BCUT2D eigenvalue weighted by atomic mass is 9.86. The summed E-state index contributed by atoms with van der Waals surface area (Å²) in [6, 6.07) is -0.357. The Balaban J connectivity index is 2.13. The van der Waals surface area contributed by atoms with E-state index in [1.807, 2.05) is 0 Å². The van der Waals surface area contributed by atoms with Crippen molar-refractivity contribution in [2.24, 2.45) is 11.7 Å². The lowest BCUT2D eigenvalue weighted by molar-refractivity contribution is 0.102. The van der Waals surface area contributed by atoms with Crippen molar-refractivity contribution in [1.29, 1.82) is 0 Å². The van der Waals surface area contributed by atoms with Crippen LogP contribution in [0.5, 0.6) is 0 Å². The third-order valence-corrected chi connectivity index (χ3v) is 3.00. The molecule has 0 aromatic heterocycles. The van der Waals surface area contributed by atoms with E-state index in [0.29, 0.717) is 18.5 Å². The molecule has 0 bridgehead atoms. The molecule has 84 valence electrons. The monoisotopic (exact) mass is 206 g/mol. The first-order chi connectivity index (χ1) is 6.59. The molecule has 0 radical (unpaired) electrons. The molecule has 1 fully saturated rings. The molecule has 0 amide bonds. The molecule has 0 saturated heterocycles. The second-order valence-electron chi connectivity index (χ2n) is 4.31. The maximum absolute atomic E-state index is 12.2. The molecule has 14 heavy (non-hydrogen) atoms. The second kappa shape index (κ2) is 5.61. The SMILES string of the molecule is CC(NCC1CCC(N)CC1)C(F)F. The van der Waals surface area contributed by atoms with Crippen LogP contribution < -0.4 is 11.1 Å². The topological polar surface area (TPSA) is 38.0 Å². The highest BCUT2D eigenvalue weighted by Gasteiger charge is 2.20. The van der Waals surface area contributed by atoms with Crippen LogP contribution in [0.3, 0.4) is 0 Å². The van der Waals surface area contributed by atoms with Gasteiger partial charge in [0, 0.05) is 6.04 Å². The predicted molar refractivity (Wildman–Crippen MR) is 53.4 cm³/mol. The van der Waals surface area contributed by atoms with Crippen LogP contribution in [0.1, 0.15) is 32.6 Å². The molecule has 0 spiro atoms. The van der Waals surface area contributed by atoms with E-state index in [0.717, 1.165) is 25.7 Å². The van der Waals surface area contributed by atoms with Gasteiger partial charge in [0.25, 0.3) is 6.43 Å². The fourth-order valence-corrected chi connectivity index (χ4v) is 1.83. The minimum atomic E-state index is -2.26. The van der Waals surface area contributed by atoms with E-state index in [-0.39, 0.29) is 0 Å². The molecule has 1 saturated carbocycles. The summed E-state index contributed by atoms with van der Waals surface area (Å²) < 4.78 is 24.3. The molecule has 3 N–H and O–H groups in total. The van der Waals surface area contributed by atoms with Crippen molar-refractivity contribution in [3.05, 3.63) is 0 Å². The summed E-state index contributed by atoms with van der Waals surface area (Å²) in [7, 11) is 0. The van der Waals surface area contributed by atoms with E-state index >= 15 is 0 Å². The van der Waals surface area contributed by atoms with Gasteiger partial charge < -0.3 is 11.1 Å². The average Bonchev–Trinajstić information content (AvgIpc) is 2.16. The maximum atomic E-state index is 12.2. The van der Waals surface area contributed by atoms with Crippen LogP contribution in [0.25, 0.3) is 0 Å². The van der Waals surface area contributed by atoms with Crippen molar-refractivity contribution in [2.45, 2.75) is 51.1 Å². The van der Waals surface area contributed by atoms with E-state index in [1.165, 1.54) is 6.92 Å². The lowest BCUT2D eigenvalue weighted by Crippen LogP contribution is -2.38. The fraction of sp³-hybridized carbons (Fsp3) is 1.00. The third-order valence-electron chi connectivity index (χ3n) is 3.00. The zero-order chi connectivity index (χ0) is 10.6. The van der Waals surface area contributed by atoms with Crippen molar-refractivity contribution < 1.29 is 8.78 Å². The Morgan fingerprint density at radius 2 is 1.86 bits per heavy atom. The molecule has 1 unspecified atom stereocenters. The first-order valence-corrected chi connectivity index (χ1v) is 5.36. The van der Waals surface area contributed by atoms with Gasteiger partial charge in [0.2, 0.25) is 0 Å². The number of alkyl halides is 2. The van der Waals surface area contributed by atoms with E-state index < -0.39 is 12.5 Å². The van der Waals surface area contributed by atoms with Gasteiger partial charge in [-0.25, -0.2) is 8.78 Å². The van der Waals surface area contributed by atoms with E-state index in [9.17, 15) is 8.78 Å². The van der Waals surface area contributed by atoms with Gasteiger partial charge in [-0.1, -0.05) is 0 Å². The Kier molecular flexibility index (Phi) is 4.75. The van der Waals surface area contributed by atoms with Gasteiger partial charge in [-0.2, -0.15) is 0 Å². The molecule has 0 heterocycles. The molecule has 1 atom stereocenters. The molecule has 1 aliphatic carbocycles. The van der Waals surface area contributed by atoms with Gasteiger partial charge in [-0.05, 0) is 45.1 Å². The Morgan fingerprint density at radius 3 is 2.36 bits per heavy atom. The first-order valence-electron chi connectivity index (χ1n) is 5.36. The van der Waals surface area contributed by atoms with E-state index in [2.05, 4.69) is 5.32 Å². The number of hydrogen-bond donors (Lipinski definition) is 2. The van der Waals surface area contributed by atoms with E-state index in [1.54, 1.807) is 0 Å². The first kappa shape index (κ1) is 11.9. The molecule has 2 nitrogen and oxygen atoms in total. The number of nitrogens with one attached hydrogen (secondary N) is 1. The van der Waals surface area contributed by atoms with Crippen molar-refractivity contribution >= 4 is 0 Å². The smallest absolute Gasteiger partial charge is 0.253 e. The zero-order valence-electron chi connectivity index (χ0n) is 8.68. The molecule has 4 heteroatoms. The minimum absolute atomic E-state index is 0.332. The van der Waals surface area contributed by atoms with Crippen LogP contribution in [0.4, 0.5) is 8.78 Å². The Morgan fingerprint density at radius 1 is 1.29 bits per heavy atom. The predicted octanol–water partition coefficient (Wildman–Crippen LogP) is 1.75. The summed E-state index contributed by atoms with van der Waals surface area (Å²) in [6.07, 6.45) is 1.96. The molecule has 0 aromatic carbocycles. The Labute approximate surface area is 84.2 Å². The minimum Gasteiger partial charge on any atom is -0.328 e. The van der Waals surface area contributed by atoms with Gasteiger partial charge >= 0.3 is 0 Å². The Bertz CT molecular complexity index is 156. The molecular formula is C10H20F2N2. The summed E-state index contributed by atoms with van der Waals surface area (Å²) in [5.74, 6) is 0.538.